The average molecular weight is 217 g/mol. The number of hydrogen-bond donors (Lipinski definition) is 1. The summed E-state index contributed by atoms with van der Waals surface area (Å²) in [6, 6.07) is 2.61. The van der Waals surface area contributed by atoms with E-state index in [0.717, 1.165) is 0 Å². The van der Waals surface area contributed by atoms with Gasteiger partial charge in [-0.05, 0) is 31.5 Å². The molecule has 0 spiro atoms. The second-order valence-electron chi connectivity index (χ2n) is 3.13. The molecule has 1 rings (SSSR count). The molecule has 0 aliphatic heterocycles. The lowest BCUT2D eigenvalue weighted by atomic mass is 9.96. The van der Waals surface area contributed by atoms with Crippen LogP contribution in [0.3, 0.4) is 0 Å². The van der Waals surface area contributed by atoms with Crippen molar-refractivity contribution in [3.05, 3.63) is 34.1 Å². The summed E-state index contributed by atoms with van der Waals surface area (Å²) < 4.78 is 13.3. The van der Waals surface area contributed by atoms with Gasteiger partial charge < -0.3 is 5.11 Å². The van der Waals surface area contributed by atoms with Crippen molar-refractivity contribution in [3.8, 4) is 0 Å². The molecule has 0 saturated carbocycles. The quantitative estimate of drug-likeness (QED) is 0.825. The Morgan fingerprint density at radius 2 is 2.14 bits per heavy atom. The highest BCUT2D eigenvalue weighted by Crippen LogP contribution is 2.28. The zero-order valence-corrected chi connectivity index (χ0v) is 8.60. The Morgan fingerprint density at radius 1 is 1.57 bits per heavy atom. The number of carbonyl (C=O) groups is 1. The SMILES string of the molecule is Cc1c(Cl)ccc(F)c1C(C)C(=O)O. The van der Waals surface area contributed by atoms with Gasteiger partial charge in [-0.1, -0.05) is 11.6 Å². The Bertz CT molecular complexity index is 377. The second kappa shape index (κ2) is 3.96. The number of halogens is 2. The summed E-state index contributed by atoms with van der Waals surface area (Å²) in [7, 11) is 0. The molecule has 1 atom stereocenters. The molecule has 0 aromatic heterocycles. The monoisotopic (exact) mass is 216 g/mol. The van der Waals surface area contributed by atoms with Crippen LogP contribution in [0.25, 0.3) is 0 Å². The lowest BCUT2D eigenvalue weighted by Crippen LogP contribution is -2.11. The molecule has 0 amide bonds. The molecule has 0 aliphatic rings. The number of hydrogen-bond acceptors (Lipinski definition) is 1. The van der Waals surface area contributed by atoms with Crippen LogP contribution in [-0.4, -0.2) is 11.1 Å². The Morgan fingerprint density at radius 3 is 2.64 bits per heavy atom. The van der Waals surface area contributed by atoms with Crippen LogP contribution in [0.2, 0.25) is 5.02 Å². The predicted molar refractivity (Wildman–Crippen MR) is 52.2 cm³/mol. The first-order valence-electron chi connectivity index (χ1n) is 4.12. The van der Waals surface area contributed by atoms with Crippen LogP contribution in [0.15, 0.2) is 12.1 Å². The molecule has 2 nitrogen and oxygen atoms in total. The van der Waals surface area contributed by atoms with E-state index < -0.39 is 17.7 Å². The molecular formula is C10H10ClFO2. The van der Waals surface area contributed by atoms with E-state index in [1.807, 2.05) is 0 Å². The fourth-order valence-corrected chi connectivity index (χ4v) is 1.49. The molecular weight excluding hydrogens is 207 g/mol. The van der Waals surface area contributed by atoms with Gasteiger partial charge in [0.25, 0.3) is 0 Å². The van der Waals surface area contributed by atoms with Gasteiger partial charge in [-0.3, -0.25) is 4.79 Å². The highest BCUT2D eigenvalue weighted by atomic mass is 35.5. The second-order valence-corrected chi connectivity index (χ2v) is 3.54. The van der Waals surface area contributed by atoms with E-state index in [1.165, 1.54) is 19.1 Å². The van der Waals surface area contributed by atoms with Gasteiger partial charge in [-0.25, -0.2) is 4.39 Å². The number of benzene rings is 1. The van der Waals surface area contributed by atoms with E-state index in [9.17, 15) is 9.18 Å². The van der Waals surface area contributed by atoms with Crippen LogP contribution in [0.1, 0.15) is 24.0 Å². The summed E-state index contributed by atoms with van der Waals surface area (Å²) in [6.07, 6.45) is 0. The van der Waals surface area contributed by atoms with Crippen molar-refractivity contribution in [1.82, 2.24) is 0 Å². The number of rotatable bonds is 2. The van der Waals surface area contributed by atoms with Gasteiger partial charge in [0, 0.05) is 10.6 Å². The van der Waals surface area contributed by atoms with Crippen molar-refractivity contribution in [2.75, 3.05) is 0 Å². The first-order valence-corrected chi connectivity index (χ1v) is 4.50. The maximum atomic E-state index is 13.3. The van der Waals surface area contributed by atoms with Gasteiger partial charge in [0.2, 0.25) is 0 Å². The lowest BCUT2D eigenvalue weighted by molar-refractivity contribution is -0.138. The summed E-state index contributed by atoms with van der Waals surface area (Å²) >= 11 is 5.77. The first kappa shape index (κ1) is 11.0. The molecule has 4 heteroatoms. The molecule has 0 fully saturated rings. The normalized spacial score (nSPS) is 12.6. The Labute approximate surface area is 86.3 Å². The minimum absolute atomic E-state index is 0.157. The van der Waals surface area contributed by atoms with E-state index in [1.54, 1.807) is 6.92 Å². The number of carboxylic acid groups (broad SMARTS) is 1. The summed E-state index contributed by atoms with van der Waals surface area (Å²) in [5.74, 6) is -2.47. The first-order chi connectivity index (χ1) is 6.45. The number of carboxylic acids is 1. The zero-order chi connectivity index (χ0) is 10.9. The largest absolute Gasteiger partial charge is 0.481 e. The van der Waals surface area contributed by atoms with E-state index >= 15 is 0 Å². The summed E-state index contributed by atoms with van der Waals surface area (Å²) in [5, 5.41) is 9.15. The smallest absolute Gasteiger partial charge is 0.310 e. The zero-order valence-electron chi connectivity index (χ0n) is 7.84. The van der Waals surface area contributed by atoms with Crippen molar-refractivity contribution in [2.24, 2.45) is 0 Å². The van der Waals surface area contributed by atoms with Crippen LogP contribution < -0.4 is 0 Å². The van der Waals surface area contributed by atoms with Crippen LogP contribution in [-0.2, 0) is 4.79 Å². The van der Waals surface area contributed by atoms with Crippen LogP contribution in [0.4, 0.5) is 4.39 Å². The Balaban J connectivity index is 3.32. The highest BCUT2D eigenvalue weighted by Gasteiger charge is 2.21. The van der Waals surface area contributed by atoms with Crippen molar-refractivity contribution in [1.29, 1.82) is 0 Å². The van der Waals surface area contributed by atoms with Gasteiger partial charge in [0.1, 0.15) is 5.82 Å². The highest BCUT2D eigenvalue weighted by molar-refractivity contribution is 6.31. The molecule has 1 N–H and O–H groups in total. The maximum absolute atomic E-state index is 13.3. The van der Waals surface area contributed by atoms with Crippen molar-refractivity contribution >= 4 is 17.6 Å². The van der Waals surface area contributed by atoms with Crippen LogP contribution in [0.5, 0.6) is 0 Å². The van der Waals surface area contributed by atoms with Crippen molar-refractivity contribution in [3.63, 3.8) is 0 Å². The Hall–Kier alpha value is -1.09. The molecule has 0 saturated heterocycles. The van der Waals surface area contributed by atoms with E-state index in [0.29, 0.717) is 10.6 Å². The minimum Gasteiger partial charge on any atom is -0.481 e. The fourth-order valence-electron chi connectivity index (χ4n) is 1.32. The number of aliphatic carboxylic acids is 1. The van der Waals surface area contributed by atoms with Crippen LogP contribution in [0, 0.1) is 12.7 Å². The van der Waals surface area contributed by atoms with E-state index in [-0.39, 0.29) is 5.56 Å². The van der Waals surface area contributed by atoms with Gasteiger partial charge in [0.05, 0.1) is 5.92 Å². The van der Waals surface area contributed by atoms with Gasteiger partial charge in [-0.15, -0.1) is 0 Å². The van der Waals surface area contributed by atoms with Crippen molar-refractivity contribution < 1.29 is 14.3 Å². The summed E-state index contributed by atoms with van der Waals surface area (Å²) in [5.41, 5.74) is 0.645. The van der Waals surface area contributed by atoms with Gasteiger partial charge >= 0.3 is 5.97 Å². The molecule has 1 aromatic carbocycles. The fraction of sp³-hybridized carbons (Fsp3) is 0.300. The third-order valence-corrected chi connectivity index (χ3v) is 2.61. The topological polar surface area (TPSA) is 37.3 Å². The summed E-state index contributed by atoms with van der Waals surface area (Å²) in [6.45, 7) is 3.05. The average Bonchev–Trinajstić information content (AvgIpc) is 2.12. The molecule has 1 aromatic rings. The summed E-state index contributed by atoms with van der Waals surface area (Å²) in [4.78, 5) is 10.7. The Kier molecular flexibility index (Phi) is 3.11. The van der Waals surface area contributed by atoms with Gasteiger partial charge in [0.15, 0.2) is 0 Å². The minimum atomic E-state index is -1.06. The third kappa shape index (κ3) is 1.87. The van der Waals surface area contributed by atoms with E-state index in [4.69, 9.17) is 16.7 Å². The van der Waals surface area contributed by atoms with Crippen LogP contribution >= 0.6 is 11.6 Å². The van der Waals surface area contributed by atoms with Crippen molar-refractivity contribution in [2.45, 2.75) is 19.8 Å². The third-order valence-electron chi connectivity index (χ3n) is 2.20. The standard InChI is InChI=1S/C10H10ClFO2/c1-5-7(11)3-4-8(12)9(5)6(2)10(13)14/h3-4,6H,1-2H3,(H,13,14). The van der Waals surface area contributed by atoms with E-state index in [2.05, 4.69) is 0 Å². The van der Waals surface area contributed by atoms with Gasteiger partial charge in [-0.2, -0.15) is 0 Å². The molecule has 0 aliphatic carbocycles. The molecule has 0 bridgehead atoms. The molecule has 0 radical (unpaired) electrons. The lowest BCUT2D eigenvalue weighted by Gasteiger charge is -2.12. The maximum Gasteiger partial charge on any atom is 0.310 e. The molecule has 76 valence electrons. The molecule has 1 unspecified atom stereocenters. The molecule has 0 heterocycles. The molecule has 14 heavy (non-hydrogen) atoms. The predicted octanol–water partition coefficient (Wildman–Crippen LogP) is 2.98.